The minimum Gasteiger partial charge on any atom is -0.412 e. The van der Waals surface area contributed by atoms with E-state index in [1.807, 2.05) is 0 Å². The van der Waals surface area contributed by atoms with Crippen molar-refractivity contribution in [3.63, 3.8) is 0 Å². The van der Waals surface area contributed by atoms with Crippen molar-refractivity contribution in [1.29, 1.82) is 0 Å². The summed E-state index contributed by atoms with van der Waals surface area (Å²) >= 11 is 0. The monoisotopic (exact) mass is 296 g/mol. The molecule has 7 heteroatoms. The Morgan fingerprint density at radius 3 is 1.14 bits per heavy atom. The molecular weight excluding hydrogens is 289 g/mol. The molecule has 0 radical (unpaired) electrons. The first kappa shape index (κ1) is 15.7. The van der Waals surface area contributed by atoms with Gasteiger partial charge in [-0.25, -0.2) is 4.57 Å². The topological polar surface area (TPSA) is 109 Å². The molecule has 0 spiro atoms. The smallest absolute Gasteiger partial charge is 0.412 e. The van der Waals surface area contributed by atoms with Gasteiger partial charge in [-0.15, -0.1) is 0 Å². The second-order valence-corrected chi connectivity index (χ2v) is 1.54. The zero-order valence-electron chi connectivity index (χ0n) is 3.20. The summed E-state index contributed by atoms with van der Waals surface area (Å²) in [5, 5.41) is 0. The Kier molecular flexibility index (Phi) is 11.4. The Balaban J connectivity index is -0.0000000800. The normalized spacial score (nSPS) is 8.43. The molecule has 0 heterocycles. The molecule has 0 bridgehead atoms. The molecule has 0 aliphatic rings. The Morgan fingerprint density at radius 2 is 1.14 bits per heavy atom. The second-order valence-electron chi connectivity index (χ2n) is 0.513. The fourth-order valence-electron chi connectivity index (χ4n) is 0. The van der Waals surface area contributed by atoms with E-state index in [1.54, 1.807) is 0 Å². The molecule has 5 N–H and O–H groups in total. The van der Waals surface area contributed by atoms with E-state index in [-0.39, 0.29) is 31.3 Å². The van der Waals surface area contributed by atoms with Gasteiger partial charge in [0, 0.05) is 25.8 Å². The van der Waals surface area contributed by atoms with Crippen LogP contribution in [0.15, 0.2) is 0 Å². The molecule has 0 aromatic rings. The van der Waals surface area contributed by atoms with Crippen LogP contribution in [0.1, 0.15) is 0 Å². The first-order chi connectivity index (χ1) is 2.00. The molecule has 0 aliphatic heterocycles. The van der Waals surface area contributed by atoms with Gasteiger partial charge < -0.3 is 20.2 Å². The van der Waals surface area contributed by atoms with Crippen LogP contribution < -0.4 is 0 Å². The second kappa shape index (κ2) is 5.08. The maximum absolute atomic E-state index is 8.88. The van der Waals surface area contributed by atoms with Crippen molar-refractivity contribution in [2.75, 3.05) is 0 Å². The first-order valence-corrected chi connectivity index (χ1v) is 2.35. The standard InChI is InChI=1S/Hf.H3O4P.H2O/c;1-5(2,3)4;/h;(H3,1,2,3,4);1H2. The van der Waals surface area contributed by atoms with E-state index in [1.165, 1.54) is 0 Å². The van der Waals surface area contributed by atoms with Crippen molar-refractivity contribution in [3.8, 4) is 0 Å². The number of hydrogen-bond acceptors (Lipinski definition) is 1. The number of hydrogen-bond donors (Lipinski definition) is 3. The van der Waals surface area contributed by atoms with E-state index < -0.39 is 7.82 Å². The molecule has 0 saturated heterocycles. The average Bonchev–Trinajstić information content (AvgIpc) is 0.722. The van der Waals surface area contributed by atoms with Crippen LogP contribution in [0.5, 0.6) is 0 Å². The van der Waals surface area contributed by atoms with Gasteiger partial charge in [0.05, 0.1) is 0 Å². The minimum absolute atomic E-state index is 0. The molecule has 0 amide bonds. The van der Waals surface area contributed by atoms with Crippen molar-refractivity contribution < 1.29 is 50.6 Å². The summed E-state index contributed by atoms with van der Waals surface area (Å²) in [5.74, 6) is 0. The zero-order chi connectivity index (χ0) is 4.50. The summed E-state index contributed by atoms with van der Waals surface area (Å²) in [6, 6.07) is 0. The Bertz CT molecular complexity index is 54.2. The quantitative estimate of drug-likeness (QED) is 0.363. The SMILES string of the molecule is O.O=P(O)(O)O.[Hf]. The fraction of sp³-hybridized carbons (Fsp3) is 0. The van der Waals surface area contributed by atoms with Gasteiger partial charge in [-0.05, 0) is 0 Å². The maximum Gasteiger partial charge on any atom is 0.466 e. The third-order valence-corrected chi connectivity index (χ3v) is 0. The molecule has 0 aromatic heterocycles. The van der Waals surface area contributed by atoms with E-state index in [9.17, 15) is 0 Å². The van der Waals surface area contributed by atoms with Gasteiger partial charge in [0.1, 0.15) is 0 Å². The van der Waals surface area contributed by atoms with Crippen LogP contribution >= 0.6 is 7.82 Å². The Morgan fingerprint density at radius 1 is 1.14 bits per heavy atom. The maximum atomic E-state index is 8.88. The van der Waals surface area contributed by atoms with Crippen molar-refractivity contribution in [2.45, 2.75) is 0 Å². The molecule has 44 valence electrons. The zero-order valence-corrected chi connectivity index (χ0v) is 7.68. The van der Waals surface area contributed by atoms with Gasteiger partial charge in [-0.1, -0.05) is 0 Å². The van der Waals surface area contributed by atoms with Crippen LogP contribution in [0.2, 0.25) is 0 Å². The summed E-state index contributed by atoms with van der Waals surface area (Å²) in [6.45, 7) is 0. The largest absolute Gasteiger partial charge is 0.466 e. The van der Waals surface area contributed by atoms with Crippen molar-refractivity contribution in [3.05, 3.63) is 0 Å². The molecular formula is H5HfO5P. The summed E-state index contributed by atoms with van der Waals surface area (Å²) in [4.78, 5) is 21.6. The van der Waals surface area contributed by atoms with Crippen LogP contribution in [0, 0.1) is 0 Å². The fourth-order valence-corrected chi connectivity index (χ4v) is 0. The van der Waals surface area contributed by atoms with E-state index in [4.69, 9.17) is 19.2 Å². The molecule has 5 nitrogen and oxygen atoms in total. The van der Waals surface area contributed by atoms with Crippen LogP contribution in [0.4, 0.5) is 0 Å². The molecule has 0 saturated carbocycles. The van der Waals surface area contributed by atoms with Gasteiger partial charge in [-0.2, -0.15) is 0 Å². The third kappa shape index (κ3) is 192. The Labute approximate surface area is 58.7 Å². The molecule has 7 heavy (non-hydrogen) atoms. The number of phosphoric acid groups is 1. The number of rotatable bonds is 0. The molecule has 0 aromatic carbocycles. The van der Waals surface area contributed by atoms with E-state index in [0.717, 1.165) is 0 Å². The molecule has 0 unspecified atom stereocenters. The van der Waals surface area contributed by atoms with Crippen LogP contribution in [-0.2, 0) is 30.4 Å². The summed E-state index contributed by atoms with van der Waals surface area (Å²) < 4.78 is 8.88. The van der Waals surface area contributed by atoms with Crippen molar-refractivity contribution in [2.24, 2.45) is 0 Å². The van der Waals surface area contributed by atoms with Gasteiger partial charge >= 0.3 is 7.82 Å². The summed E-state index contributed by atoms with van der Waals surface area (Å²) in [7, 11) is -4.64. The van der Waals surface area contributed by atoms with Crippen LogP contribution in [0.3, 0.4) is 0 Å². The third-order valence-electron chi connectivity index (χ3n) is 0. The van der Waals surface area contributed by atoms with Crippen molar-refractivity contribution in [1.82, 2.24) is 0 Å². The first-order valence-electron chi connectivity index (χ1n) is 0.783. The van der Waals surface area contributed by atoms with E-state index >= 15 is 0 Å². The predicted molar refractivity (Wildman–Crippen MR) is 17.9 cm³/mol. The predicted octanol–water partition coefficient (Wildman–Crippen LogP) is -1.76. The van der Waals surface area contributed by atoms with Gasteiger partial charge in [0.15, 0.2) is 0 Å². The van der Waals surface area contributed by atoms with Crippen LogP contribution in [0.25, 0.3) is 0 Å². The molecule has 0 atom stereocenters. The van der Waals surface area contributed by atoms with E-state index in [0.29, 0.717) is 0 Å². The van der Waals surface area contributed by atoms with Crippen LogP contribution in [-0.4, -0.2) is 20.2 Å². The molecule has 0 aliphatic carbocycles. The van der Waals surface area contributed by atoms with E-state index in [2.05, 4.69) is 0 Å². The summed E-state index contributed by atoms with van der Waals surface area (Å²) in [5.41, 5.74) is 0. The van der Waals surface area contributed by atoms with Gasteiger partial charge in [0.25, 0.3) is 0 Å². The molecule has 0 rings (SSSR count). The van der Waals surface area contributed by atoms with Gasteiger partial charge in [0.2, 0.25) is 0 Å². The summed E-state index contributed by atoms with van der Waals surface area (Å²) in [6.07, 6.45) is 0. The van der Waals surface area contributed by atoms with Crippen molar-refractivity contribution >= 4 is 7.82 Å². The Hall–Kier alpha value is 0.940. The average molecular weight is 294 g/mol. The minimum atomic E-state index is -4.64. The van der Waals surface area contributed by atoms with Gasteiger partial charge in [-0.3, -0.25) is 0 Å². The molecule has 0 fully saturated rings.